The summed E-state index contributed by atoms with van der Waals surface area (Å²) >= 11 is 5.11. The van der Waals surface area contributed by atoms with Crippen LogP contribution in [0.15, 0.2) is 88.4 Å². The van der Waals surface area contributed by atoms with E-state index < -0.39 is 0 Å². The third kappa shape index (κ3) is 6.79. The van der Waals surface area contributed by atoms with E-state index in [0.29, 0.717) is 23.0 Å². The van der Waals surface area contributed by atoms with Crippen LogP contribution in [0.2, 0.25) is 0 Å². The second-order valence-electron chi connectivity index (χ2n) is 9.43. The predicted molar refractivity (Wildman–Crippen MR) is 190 cm³/mol. The van der Waals surface area contributed by atoms with E-state index >= 15 is 0 Å². The van der Waals surface area contributed by atoms with Crippen LogP contribution in [-0.4, -0.2) is 36.6 Å². The number of anilines is 1. The zero-order valence-electron chi connectivity index (χ0n) is 26.5. The molecule has 0 amide bonds. The molecule has 2 N–H and O–H groups in total. The number of hydrogen-bond acceptors (Lipinski definition) is 5. The van der Waals surface area contributed by atoms with E-state index in [-0.39, 0.29) is 5.78 Å². The zero-order valence-corrected chi connectivity index (χ0v) is 28.9. The largest absolute Gasteiger partial charge is 0.372 e. The van der Waals surface area contributed by atoms with Gasteiger partial charge < -0.3 is 10.3 Å². The maximum atomic E-state index is 14.1. The molecule has 230 valence electrons. The number of benzene rings is 3. The summed E-state index contributed by atoms with van der Waals surface area (Å²) in [5.74, 6) is 2.14. The molecule has 3 heterocycles. The monoisotopic (exact) mass is 672 g/mol. The number of H-pyrrole nitrogens is 1. The molecule has 44 heavy (non-hydrogen) atoms. The number of nitrogens with one attached hydrogen (secondary N) is 2. The summed E-state index contributed by atoms with van der Waals surface area (Å²) in [4.78, 5) is 23.3. The summed E-state index contributed by atoms with van der Waals surface area (Å²) in [5.41, 5.74) is 4.83. The quantitative estimate of drug-likeness (QED) is 0.165. The number of nitrogens with zero attached hydrogens (tertiary/aromatic N) is 4. The second-order valence-corrected chi connectivity index (χ2v) is 11.4. The van der Waals surface area contributed by atoms with Crippen LogP contribution in [0.1, 0.15) is 82.2 Å². The van der Waals surface area contributed by atoms with Crippen LogP contribution in [0.3, 0.4) is 0 Å². The van der Waals surface area contributed by atoms with Crippen LogP contribution in [0.4, 0.5) is 5.82 Å². The number of rotatable bonds is 7. The van der Waals surface area contributed by atoms with Gasteiger partial charge in [-0.3, -0.25) is 8.77 Å². The highest BCUT2D eigenvalue weighted by Gasteiger charge is 2.27. The van der Waals surface area contributed by atoms with Crippen molar-refractivity contribution >= 4 is 61.4 Å². The molecule has 0 radical (unpaired) electrons. The van der Waals surface area contributed by atoms with Crippen molar-refractivity contribution in [3.8, 4) is 5.69 Å². The van der Waals surface area contributed by atoms with Gasteiger partial charge in [-0.2, -0.15) is 5.10 Å². The molecule has 1 aliphatic rings. The average Bonchev–Trinajstić information content (AvgIpc) is 3.55. The van der Waals surface area contributed by atoms with Gasteiger partial charge in [0.05, 0.1) is 34.0 Å². The fourth-order valence-corrected chi connectivity index (χ4v) is 6.11. The molecule has 9 heteroatoms. The first kappa shape index (κ1) is 33.1. The summed E-state index contributed by atoms with van der Waals surface area (Å²) in [6, 6.07) is 24.1. The highest BCUT2D eigenvalue weighted by Crippen LogP contribution is 2.39. The van der Waals surface area contributed by atoms with Gasteiger partial charge in [0.15, 0.2) is 0 Å². The summed E-state index contributed by atoms with van der Waals surface area (Å²) in [6.07, 6.45) is 4.03. The highest BCUT2D eigenvalue weighted by molar-refractivity contribution is 9.10. The Labute approximate surface area is 272 Å². The van der Waals surface area contributed by atoms with Crippen LogP contribution >= 0.6 is 27.9 Å². The van der Waals surface area contributed by atoms with E-state index in [0.717, 1.165) is 42.8 Å². The highest BCUT2D eigenvalue weighted by atomic mass is 79.9. The molecule has 3 aromatic heterocycles. The topological polar surface area (TPSA) is 80.5 Å². The van der Waals surface area contributed by atoms with Gasteiger partial charge in [-0.25, -0.2) is 9.67 Å². The third-order valence-corrected chi connectivity index (χ3v) is 8.39. The van der Waals surface area contributed by atoms with Crippen LogP contribution in [0, 0.1) is 0 Å². The Balaban J connectivity index is 0.000000696. The molecule has 1 saturated carbocycles. The summed E-state index contributed by atoms with van der Waals surface area (Å²) < 4.78 is 4.74. The molecule has 0 spiro atoms. The van der Waals surface area contributed by atoms with E-state index in [2.05, 4.69) is 31.3 Å². The van der Waals surface area contributed by atoms with Gasteiger partial charge in [0.1, 0.15) is 17.3 Å². The molecule has 0 unspecified atom stereocenters. The fraction of sp³-hybridized carbons (Fsp3) is 0.286. The van der Waals surface area contributed by atoms with Crippen molar-refractivity contribution in [2.45, 2.75) is 65.2 Å². The summed E-state index contributed by atoms with van der Waals surface area (Å²) in [6.45, 7) is 12.0. The molecule has 3 aromatic carbocycles. The molecule has 0 atom stereocenters. The first-order valence-corrected chi connectivity index (χ1v) is 17.0. The maximum Gasteiger partial charge on any atom is 0.215 e. The molecule has 0 aliphatic heterocycles. The number of aromatic nitrogens is 5. The molecule has 0 bridgehead atoms. The van der Waals surface area contributed by atoms with E-state index in [1.807, 2.05) is 125 Å². The van der Waals surface area contributed by atoms with E-state index in [1.165, 1.54) is 24.8 Å². The smallest absolute Gasteiger partial charge is 0.215 e. The lowest BCUT2D eigenvalue weighted by Crippen LogP contribution is -2.10. The zero-order chi connectivity index (χ0) is 31.8. The molecule has 0 saturated heterocycles. The van der Waals surface area contributed by atoms with Crippen LogP contribution in [0.5, 0.6) is 0 Å². The predicted octanol–water partition coefficient (Wildman–Crippen LogP) is 10.2. The Hall–Kier alpha value is -3.82. The van der Waals surface area contributed by atoms with E-state index in [4.69, 9.17) is 4.98 Å². The van der Waals surface area contributed by atoms with Gasteiger partial charge in [0.25, 0.3) is 0 Å². The lowest BCUT2D eigenvalue weighted by molar-refractivity contribution is 0.103. The molecule has 7 nitrogen and oxygen atoms in total. The molecule has 7 rings (SSSR count). The van der Waals surface area contributed by atoms with Crippen molar-refractivity contribution in [1.82, 2.24) is 23.7 Å². The van der Waals surface area contributed by atoms with Gasteiger partial charge in [-0.1, -0.05) is 81.7 Å². The van der Waals surface area contributed by atoms with Crippen LogP contribution in [-0.2, 0) is 0 Å². The van der Waals surface area contributed by atoms with Gasteiger partial charge in [0.2, 0.25) is 5.78 Å². The first-order valence-electron chi connectivity index (χ1n) is 15.4. The number of fused-ring (bicyclic) bond motifs is 2. The molecule has 6 aromatic rings. The molecular weight excluding hydrogens is 632 g/mol. The lowest BCUT2D eigenvalue weighted by Gasteiger charge is -2.11. The van der Waals surface area contributed by atoms with E-state index in [1.54, 1.807) is 10.9 Å². The Bertz CT molecular complexity index is 1830. The van der Waals surface area contributed by atoms with Crippen molar-refractivity contribution in [2.75, 3.05) is 12.4 Å². The number of aromatic amines is 1. The Morgan fingerprint density at radius 2 is 1.68 bits per heavy atom. The Morgan fingerprint density at radius 3 is 2.36 bits per heavy atom. The third-order valence-electron chi connectivity index (χ3n) is 6.84. The maximum absolute atomic E-state index is 14.1. The SMILES string of the molecule is CC.CC.CC.CNc1c(C(=O)c2cc3ccc(Br)cc3n2Sc2ccccc2)cnn1-c1ccc2nc(C3CC3)[nH]c2c1. The number of carbonyl (C=O) groups excluding carboxylic acids is 1. The normalized spacial score (nSPS) is 12.0. The van der Waals surface area contributed by atoms with Crippen molar-refractivity contribution in [3.05, 3.63) is 101 Å². The van der Waals surface area contributed by atoms with Gasteiger partial charge in [-0.05, 0) is 73.3 Å². The second kappa shape index (κ2) is 15.3. The number of imidazole rings is 1. The van der Waals surface area contributed by atoms with Gasteiger partial charge >= 0.3 is 0 Å². The standard InChI is InChI=1S/C29H23BrN6OS.3C2H6/c1-31-29-22(16-32-35(29)20-11-12-23-24(15-20)34-28(33-23)17-7-8-17)27(37)26-13-18-9-10-19(30)14-25(18)36(26)38-21-5-3-2-4-6-21;3*1-2/h2-6,9-17,31H,7-8H2,1H3,(H,33,34);3*1-2H3. The number of carbonyl (C=O) groups is 1. The fourth-order valence-electron chi connectivity index (χ4n) is 4.78. The van der Waals surface area contributed by atoms with Gasteiger partial charge in [-0.15, -0.1) is 0 Å². The summed E-state index contributed by atoms with van der Waals surface area (Å²) in [5, 5.41) is 8.83. The number of halogens is 1. The number of hydrogen-bond donors (Lipinski definition) is 2. The van der Waals surface area contributed by atoms with Crippen molar-refractivity contribution in [3.63, 3.8) is 0 Å². The van der Waals surface area contributed by atoms with Crippen molar-refractivity contribution in [1.29, 1.82) is 0 Å². The summed E-state index contributed by atoms with van der Waals surface area (Å²) in [7, 11) is 1.82. The minimum Gasteiger partial charge on any atom is -0.372 e. The Kier molecular flexibility index (Phi) is 11.5. The van der Waals surface area contributed by atoms with Crippen molar-refractivity contribution in [2.24, 2.45) is 0 Å². The minimum absolute atomic E-state index is 0.102. The van der Waals surface area contributed by atoms with Crippen molar-refractivity contribution < 1.29 is 4.79 Å². The average molecular weight is 674 g/mol. The number of ketones is 1. The molecule has 1 fully saturated rings. The molecular formula is C35H41BrN6OS. The first-order chi connectivity index (χ1) is 21.6. The van der Waals surface area contributed by atoms with Crippen LogP contribution in [0.25, 0.3) is 27.6 Å². The van der Waals surface area contributed by atoms with E-state index in [9.17, 15) is 4.79 Å². The molecule has 1 aliphatic carbocycles. The Morgan fingerprint density at radius 1 is 0.955 bits per heavy atom. The lowest BCUT2D eigenvalue weighted by atomic mass is 10.1. The van der Waals surface area contributed by atoms with Crippen LogP contribution < -0.4 is 5.32 Å². The minimum atomic E-state index is -0.102. The van der Waals surface area contributed by atoms with Gasteiger partial charge in [0, 0.05) is 27.7 Å².